The van der Waals surface area contributed by atoms with Gasteiger partial charge in [0.05, 0.1) is 5.56 Å². The summed E-state index contributed by atoms with van der Waals surface area (Å²) in [7, 11) is 0. The predicted octanol–water partition coefficient (Wildman–Crippen LogP) is 2.92. The summed E-state index contributed by atoms with van der Waals surface area (Å²) in [5, 5.41) is 9.86. The van der Waals surface area contributed by atoms with E-state index in [-0.39, 0.29) is 0 Å². The summed E-state index contributed by atoms with van der Waals surface area (Å²) in [5.74, 6) is 0.887. The molecule has 2 rings (SSSR count). The second-order valence-corrected chi connectivity index (χ2v) is 3.08. The number of hydrogen-bond acceptors (Lipinski definition) is 2. The Bertz CT molecular complexity index is 503. The third kappa shape index (κ3) is 1.01. The van der Waals surface area contributed by atoms with Gasteiger partial charge in [-0.2, -0.15) is 5.26 Å². The third-order valence-electron chi connectivity index (χ3n) is 2.32. The average molecular weight is 171 g/mol. The first-order chi connectivity index (χ1) is 6.24. The van der Waals surface area contributed by atoms with Crippen LogP contribution in [0.15, 0.2) is 22.6 Å². The van der Waals surface area contributed by atoms with Gasteiger partial charge in [0.25, 0.3) is 0 Å². The van der Waals surface area contributed by atoms with Gasteiger partial charge in [0.1, 0.15) is 11.8 Å². The van der Waals surface area contributed by atoms with Crippen LogP contribution in [0.25, 0.3) is 11.0 Å². The Hall–Kier alpha value is -1.75. The van der Waals surface area contributed by atoms with Crippen molar-refractivity contribution in [3.8, 4) is 6.07 Å². The number of benzene rings is 1. The number of hydrogen-bond donors (Lipinski definition) is 0. The van der Waals surface area contributed by atoms with Gasteiger partial charge in [-0.3, -0.25) is 0 Å². The van der Waals surface area contributed by atoms with Gasteiger partial charge in [-0.25, -0.2) is 0 Å². The molecule has 0 spiro atoms. The Morgan fingerprint density at radius 1 is 1.31 bits per heavy atom. The molecule has 0 saturated carbocycles. The first kappa shape index (κ1) is 7.88. The highest BCUT2D eigenvalue weighted by atomic mass is 16.3. The highest BCUT2D eigenvalue weighted by Crippen LogP contribution is 2.26. The quantitative estimate of drug-likeness (QED) is 0.611. The van der Waals surface area contributed by atoms with E-state index in [1.165, 1.54) is 0 Å². The van der Waals surface area contributed by atoms with Gasteiger partial charge in [0, 0.05) is 5.39 Å². The molecule has 0 saturated heterocycles. The van der Waals surface area contributed by atoms with E-state index in [1.54, 1.807) is 6.07 Å². The van der Waals surface area contributed by atoms with E-state index in [1.807, 2.05) is 26.0 Å². The van der Waals surface area contributed by atoms with Crippen molar-refractivity contribution in [2.24, 2.45) is 0 Å². The highest BCUT2D eigenvalue weighted by Gasteiger charge is 2.09. The maximum absolute atomic E-state index is 8.83. The molecule has 0 unspecified atom stereocenters. The number of aryl methyl sites for hydroxylation is 2. The molecule has 1 heterocycles. The molecule has 0 radical (unpaired) electrons. The number of furan rings is 1. The first-order valence-electron chi connectivity index (χ1n) is 4.13. The van der Waals surface area contributed by atoms with E-state index in [2.05, 4.69) is 6.07 Å². The van der Waals surface area contributed by atoms with E-state index in [4.69, 9.17) is 9.68 Å². The van der Waals surface area contributed by atoms with Crippen LogP contribution in [0, 0.1) is 25.2 Å². The first-order valence-corrected chi connectivity index (χ1v) is 4.13. The van der Waals surface area contributed by atoms with Crippen LogP contribution in [-0.4, -0.2) is 0 Å². The molecule has 0 aliphatic rings. The number of nitrogens with zero attached hydrogens (tertiary/aromatic N) is 1. The Labute approximate surface area is 76.4 Å². The number of fused-ring (bicyclic) bond motifs is 1. The van der Waals surface area contributed by atoms with Gasteiger partial charge >= 0.3 is 0 Å². The highest BCUT2D eigenvalue weighted by molar-refractivity contribution is 5.86. The van der Waals surface area contributed by atoms with E-state index < -0.39 is 0 Å². The fourth-order valence-electron chi connectivity index (χ4n) is 1.45. The number of para-hydroxylation sites is 1. The summed E-state index contributed by atoms with van der Waals surface area (Å²) >= 11 is 0. The van der Waals surface area contributed by atoms with Crippen molar-refractivity contribution in [3.05, 3.63) is 35.1 Å². The van der Waals surface area contributed by atoms with Crippen molar-refractivity contribution in [2.75, 3.05) is 0 Å². The predicted molar refractivity (Wildman–Crippen MR) is 50.4 cm³/mol. The largest absolute Gasteiger partial charge is 0.460 e. The molecule has 0 aliphatic carbocycles. The molecule has 13 heavy (non-hydrogen) atoms. The molecule has 0 fully saturated rings. The zero-order valence-electron chi connectivity index (χ0n) is 7.59. The molecular formula is C11H9NO. The summed E-state index contributed by atoms with van der Waals surface area (Å²) < 4.78 is 5.50. The lowest BCUT2D eigenvalue weighted by atomic mass is 10.1. The van der Waals surface area contributed by atoms with E-state index in [0.29, 0.717) is 11.1 Å². The van der Waals surface area contributed by atoms with Crippen molar-refractivity contribution < 1.29 is 4.42 Å². The fraction of sp³-hybridized carbons (Fsp3) is 0.182. The molecule has 2 heteroatoms. The maximum atomic E-state index is 8.83. The van der Waals surface area contributed by atoms with Gasteiger partial charge < -0.3 is 4.42 Å². The standard InChI is InChI=1S/C11H9NO/c1-7-8(2)13-11-9(6-12)4-3-5-10(7)11/h3-5H,1-2H3. The van der Waals surface area contributed by atoms with Crippen LogP contribution in [0.1, 0.15) is 16.9 Å². The van der Waals surface area contributed by atoms with Gasteiger partial charge in [-0.15, -0.1) is 0 Å². The second kappa shape index (κ2) is 2.63. The van der Waals surface area contributed by atoms with E-state index >= 15 is 0 Å². The Morgan fingerprint density at radius 2 is 2.08 bits per heavy atom. The molecule has 64 valence electrons. The lowest BCUT2D eigenvalue weighted by Gasteiger charge is -1.90. The Kier molecular flexibility index (Phi) is 1.60. The van der Waals surface area contributed by atoms with Crippen molar-refractivity contribution in [2.45, 2.75) is 13.8 Å². The lowest BCUT2D eigenvalue weighted by Crippen LogP contribution is -1.74. The van der Waals surface area contributed by atoms with Crippen LogP contribution in [0.5, 0.6) is 0 Å². The molecule has 0 aliphatic heterocycles. The zero-order valence-corrected chi connectivity index (χ0v) is 7.59. The average Bonchev–Trinajstić information content (AvgIpc) is 2.43. The molecular weight excluding hydrogens is 162 g/mol. The lowest BCUT2D eigenvalue weighted by molar-refractivity contribution is 0.574. The van der Waals surface area contributed by atoms with E-state index in [0.717, 1.165) is 16.7 Å². The van der Waals surface area contributed by atoms with E-state index in [9.17, 15) is 0 Å². The van der Waals surface area contributed by atoms with Gasteiger partial charge in [0.2, 0.25) is 0 Å². The normalized spacial score (nSPS) is 10.2. The molecule has 0 bridgehead atoms. The van der Waals surface area contributed by atoms with Crippen molar-refractivity contribution in [1.82, 2.24) is 0 Å². The smallest absolute Gasteiger partial charge is 0.152 e. The summed E-state index contributed by atoms with van der Waals surface area (Å²) in [6.07, 6.45) is 0. The molecule has 0 atom stereocenters. The molecule has 0 N–H and O–H groups in total. The van der Waals surface area contributed by atoms with Crippen molar-refractivity contribution in [3.63, 3.8) is 0 Å². The Balaban J connectivity index is 2.95. The summed E-state index contributed by atoms with van der Waals surface area (Å²) in [5.41, 5.74) is 2.43. The van der Waals surface area contributed by atoms with Crippen molar-refractivity contribution in [1.29, 1.82) is 5.26 Å². The summed E-state index contributed by atoms with van der Waals surface area (Å²) in [4.78, 5) is 0. The molecule has 2 aromatic rings. The van der Waals surface area contributed by atoms with Crippen LogP contribution in [-0.2, 0) is 0 Å². The van der Waals surface area contributed by atoms with Crippen LogP contribution in [0.3, 0.4) is 0 Å². The Morgan fingerprint density at radius 3 is 2.77 bits per heavy atom. The maximum Gasteiger partial charge on any atom is 0.152 e. The summed E-state index contributed by atoms with van der Waals surface area (Å²) in [6, 6.07) is 7.74. The monoisotopic (exact) mass is 171 g/mol. The third-order valence-corrected chi connectivity index (χ3v) is 2.32. The minimum Gasteiger partial charge on any atom is -0.460 e. The van der Waals surface area contributed by atoms with Gasteiger partial charge in [0.15, 0.2) is 5.58 Å². The van der Waals surface area contributed by atoms with Gasteiger partial charge in [-0.1, -0.05) is 12.1 Å². The molecule has 0 amide bonds. The van der Waals surface area contributed by atoms with Crippen LogP contribution >= 0.6 is 0 Å². The fourth-order valence-corrected chi connectivity index (χ4v) is 1.45. The van der Waals surface area contributed by atoms with Crippen molar-refractivity contribution >= 4 is 11.0 Å². The van der Waals surface area contributed by atoms with Crippen LogP contribution < -0.4 is 0 Å². The second-order valence-electron chi connectivity index (χ2n) is 3.08. The van der Waals surface area contributed by atoms with Gasteiger partial charge in [-0.05, 0) is 25.5 Å². The minimum atomic E-state index is 0.605. The SMILES string of the molecule is Cc1oc2c(C#N)cccc2c1C. The molecule has 1 aromatic carbocycles. The zero-order chi connectivity index (χ0) is 9.42. The minimum absolute atomic E-state index is 0.605. The van der Waals surface area contributed by atoms with Crippen LogP contribution in [0.2, 0.25) is 0 Å². The summed E-state index contributed by atoms with van der Waals surface area (Å²) in [6.45, 7) is 3.92. The topological polar surface area (TPSA) is 36.9 Å². The molecule has 1 aromatic heterocycles. The number of nitriles is 1. The number of rotatable bonds is 0. The molecule has 2 nitrogen and oxygen atoms in total. The van der Waals surface area contributed by atoms with Crippen LogP contribution in [0.4, 0.5) is 0 Å².